The molecule has 0 aliphatic heterocycles. The Morgan fingerprint density at radius 3 is 2.70 bits per heavy atom. The second-order valence-electron chi connectivity index (χ2n) is 7.10. The van der Waals surface area contributed by atoms with Gasteiger partial charge in [0.15, 0.2) is 0 Å². The third-order valence-corrected chi connectivity index (χ3v) is 4.00. The van der Waals surface area contributed by atoms with Gasteiger partial charge in [0, 0.05) is 23.5 Å². The number of carbonyl (C=O) groups excluding carboxylic acids is 1. The number of halogens is 1. The second-order valence-corrected chi connectivity index (χ2v) is 7.51. The van der Waals surface area contributed by atoms with Crippen LogP contribution in [0, 0.1) is 5.92 Å². The van der Waals surface area contributed by atoms with Gasteiger partial charge in [-0.1, -0.05) is 25.4 Å². The molecule has 3 N–H and O–H groups in total. The van der Waals surface area contributed by atoms with E-state index in [0.717, 1.165) is 17.5 Å². The third kappa shape index (κ3) is 6.37. The highest BCUT2D eigenvalue weighted by atomic mass is 35.5. The molecule has 0 unspecified atom stereocenters. The molecule has 1 atom stereocenters. The molecule has 0 fully saturated rings. The number of ether oxygens (including phenoxy) is 2. The number of hydrogen-bond donors (Lipinski definition) is 2. The highest BCUT2D eigenvalue weighted by Gasteiger charge is 2.22. The molecular formula is C19H25ClN4O3. The minimum absolute atomic E-state index is 0.319. The van der Waals surface area contributed by atoms with Crippen molar-refractivity contribution in [2.24, 2.45) is 11.7 Å². The summed E-state index contributed by atoms with van der Waals surface area (Å²) in [6.07, 6.45) is 3.46. The van der Waals surface area contributed by atoms with E-state index in [1.807, 2.05) is 6.92 Å². The van der Waals surface area contributed by atoms with Crippen LogP contribution in [0.5, 0.6) is 5.88 Å². The van der Waals surface area contributed by atoms with Crippen molar-refractivity contribution in [3.05, 3.63) is 35.6 Å². The van der Waals surface area contributed by atoms with E-state index in [2.05, 4.69) is 33.9 Å². The van der Waals surface area contributed by atoms with Gasteiger partial charge in [0.2, 0.25) is 5.88 Å². The number of nitrogens with two attached hydrogens (primary N) is 1. The summed E-state index contributed by atoms with van der Waals surface area (Å²) in [5.74, 6) is 1.17. The number of anilines is 1. The minimum Gasteiger partial charge on any atom is -0.475 e. The number of methoxy groups -OCH3 is 1. The maximum Gasteiger partial charge on any atom is 0.412 e. The molecule has 2 aromatic rings. The summed E-state index contributed by atoms with van der Waals surface area (Å²) in [6.45, 7) is 6.49. The lowest BCUT2D eigenvalue weighted by Crippen LogP contribution is -2.43. The summed E-state index contributed by atoms with van der Waals surface area (Å²) in [6, 6.07) is 5.23. The SMILES string of the molecule is COC(=O)Nc1cc(-c2cnc(OC[C@@](C)(N)CC(C)C)c(Cl)c2)ccn1. The number of rotatable bonds is 7. The lowest BCUT2D eigenvalue weighted by molar-refractivity contribution is 0.187. The molecule has 2 heterocycles. The van der Waals surface area contributed by atoms with Crippen LogP contribution in [-0.4, -0.2) is 35.3 Å². The number of aromatic nitrogens is 2. The maximum absolute atomic E-state index is 11.3. The highest BCUT2D eigenvalue weighted by Crippen LogP contribution is 2.29. The first-order valence-electron chi connectivity index (χ1n) is 8.59. The van der Waals surface area contributed by atoms with E-state index in [1.54, 1.807) is 30.6 Å². The molecule has 0 saturated carbocycles. The van der Waals surface area contributed by atoms with Gasteiger partial charge in [-0.15, -0.1) is 0 Å². The topological polar surface area (TPSA) is 99.4 Å². The molecule has 27 heavy (non-hydrogen) atoms. The Morgan fingerprint density at radius 1 is 1.33 bits per heavy atom. The molecule has 2 aromatic heterocycles. The number of carbonyl (C=O) groups is 1. The van der Waals surface area contributed by atoms with Gasteiger partial charge in [-0.25, -0.2) is 14.8 Å². The van der Waals surface area contributed by atoms with Gasteiger partial charge in [-0.3, -0.25) is 5.32 Å². The van der Waals surface area contributed by atoms with Crippen LogP contribution < -0.4 is 15.8 Å². The monoisotopic (exact) mass is 392 g/mol. The number of hydrogen-bond acceptors (Lipinski definition) is 6. The fourth-order valence-electron chi connectivity index (χ4n) is 2.75. The number of nitrogens with zero attached hydrogens (tertiary/aromatic N) is 2. The summed E-state index contributed by atoms with van der Waals surface area (Å²) >= 11 is 6.33. The Balaban J connectivity index is 2.12. The van der Waals surface area contributed by atoms with E-state index in [4.69, 9.17) is 22.1 Å². The first-order chi connectivity index (χ1) is 12.7. The van der Waals surface area contributed by atoms with Gasteiger partial charge in [-0.05, 0) is 43.0 Å². The van der Waals surface area contributed by atoms with Crippen molar-refractivity contribution >= 4 is 23.5 Å². The fraction of sp³-hybridized carbons (Fsp3) is 0.421. The Kier molecular flexibility index (Phi) is 6.98. The van der Waals surface area contributed by atoms with Crippen LogP contribution in [0.1, 0.15) is 27.2 Å². The van der Waals surface area contributed by atoms with E-state index >= 15 is 0 Å². The molecule has 1 amide bonds. The zero-order valence-electron chi connectivity index (χ0n) is 16.0. The van der Waals surface area contributed by atoms with Crippen molar-refractivity contribution in [3.8, 4) is 17.0 Å². The second kappa shape index (κ2) is 9.01. The molecule has 0 radical (unpaired) electrons. The van der Waals surface area contributed by atoms with Gasteiger partial charge in [0.25, 0.3) is 0 Å². The first kappa shape index (κ1) is 20.9. The molecule has 0 spiro atoms. The average molecular weight is 393 g/mol. The Labute approximate surface area is 164 Å². The van der Waals surface area contributed by atoms with Gasteiger partial charge >= 0.3 is 6.09 Å². The molecule has 0 aromatic carbocycles. The summed E-state index contributed by atoms with van der Waals surface area (Å²) < 4.78 is 10.3. The third-order valence-electron chi connectivity index (χ3n) is 3.73. The minimum atomic E-state index is -0.592. The predicted molar refractivity (Wildman–Crippen MR) is 106 cm³/mol. The van der Waals surface area contributed by atoms with Crippen LogP contribution in [0.15, 0.2) is 30.6 Å². The zero-order valence-corrected chi connectivity index (χ0v) is 16.7. The molecule has 8 heteroatoms. The lowest BCUT2D eigenvalue weighted by atomic mass is 9.93. The largest absolute Gasteiger partial charge is 0.475 e. The average Bonchev–Trinajstić information content (AvgIpc) is 2.59. The predicted octanol–water partition coefficient (Wildman–Crippen LogP) is 4.12. The first-order valence-corrected chi connectivity index (χ1v) is 8.96. The zero-order chi connectivity index (χ0) is 20.0. The molecule has 0 saturated heterocycles. The Bertz CT molecular complexity index is 796. The van der Waals surface area contributed by atoms with Crippen molar-refractivity contribution in [3.63, 3.8) is 0 Å². The van der Waals surface area contributed by atoms with Crippen molar-refractivity contribution < 1.29 is 14.3 Å². The number of amides is 1. The number of nitrogens with one attached hydrogen (secondary N) is 1. The summed E-state index contributed by atoms with van der Waals surface area (Å²) in [4.78, 5) is 19.7. The van der Waals surface area contributed by atoms with Crippen molar-refractivity contribution in [1.29, 1.82) is 0 Å². The van der Waals surface area contributed by atoms with E-state index in [1.165, 1.54) is 7.11 Å². The van der Waals surface area contributed by atoms with Gasteiger partial charge in [0.1, 0.15) is 17.4 Å². The van der Waals surface area contributed by atoms with Gasteiger partial charge in [-0.2, -0.15) is 0 Å². The Hall–Kier alpha value is -2.38. The van der Waals surface area contributed by atoms with Crippen molar-refractivity contribution in [2.75, 3.05) is 19.0 Å². The fourth-order valence-corrected chi connectivity index (χ4v) is 2.97. The van der Waals surface area contributed by atoms with E-state index in [-0.39, 0.29) is 0 Å². The summed E-state index contributed by atoms with van der Waals surface area (Å²) in [7, 11) is 1.29. The molecule has 0 bridgehead atoms. The van der Waals surface area contributed by atoms with Gasteiger partial charge in [0.05, 0.1) is 7.11 Å². The van der Waals surface area contributed by atoms with Crippen LogP contribution in [0.4, 0.5) is 10.6 Å². The van der Waals surface area contributed by atoms with E-state index < -0.39 is 11.6 Å². The van der Waals surface area contributed by atoms with E-state index in [9.17, 15) is 4.79 Å². The molecule has 7 nitrogen and oxygen atoms in total. The van der Waals surface area contributed by atoms with Crippen LogP contribution in [0.2, 0.25) is 5.02 Å². The van der Waals surface area contributed by atoms with E-state index in [0.29, 0.717) is 29.2 Å². The highest BCUT2D eigenvalue weighted by molar-refractivity contribution is 6.32. The molecule has 2 rings (SSSR count). The summed E-state index contributed by atoms with van der Waals surface area (Å²) in [5.41, 5.74) is 7.35. The van der Waals surface area contributed by atoms with Crippen LogP contribution in [0.3, 0.4) is 0 Å². The van der Waals surface area contributed by atoms with Crippen LogP contribution in [0.25, 0.3) is 11.1 Å². The molecule has 0 aliphatic rings. The quantitative estimate of drug-likeness (QED) is 0.735. The lowest BCUT2D eigenvalue weighted by Gasteiger charge is -2.26. The summed E-state index contributed by atoms with van der Waals surface area (Å²) in [5, 5.41) is 2.90. The molecule has 146 valence electrons. The normalized spacial score (nSPS) is 13.1. The Morgan fingerprint density at radius 2 is 2.07 bits per heavy atom. The van der Waals surface area contributed by atoms with Crippen LogP contribution in [-0.2, 0) is 4.74 Å². The van der Waals surface area contributed by atoms with Crippen molar-refractivity contribution in [2.45, 2.75) is 32.7 Å². The van der Waals surface area contributed by atoms with Crippen molar-refractivity contribution in [1.82, 2.24) is 9.97 Å². The standard InChI is InChI=1S/C19H25ClN4O3/c1-12(2)9-19(3,21)11-27-17-15(20)7-14(10-23-17)13-5-6-22-16(8-13)24-18(25)26-4/h5-8,10,12H,9,11,21H2,1-4H3,(H,22,24,25)/t19-/m0/s1. The van der Waals surface area contributed by atoms with Crippen LogP contribution >= 0.6 is 11.6 Å². The van der Waals surface area contributed by atoms with Gasteiger partial charge < -0.3 is 15.2 Å². The number of pyridine rings is 2. The smallest absolute Gasteiger partial charge is 0.412 e. The molecule has 0 aliphatic carbocycles. The maximum atomic E-state index is 11.3. The molecular weight excluding hydrogens is 368 g/mol.